The summed E-state index contributed by atoms with van der Waals surface area (Å²) in [5.41, 5.74) is 1.51. The van der Waals surface area contributed by atoms with Crippen LogP contribution < -0.4 is 4.90 Å². The van der Waals surface area contributed by atoms with E-state index in [2.05, 4.69) is 10.2 Å². The van der Waals surface area contributed by atoms with Gasteiger partial charge in [-0.2, -0.15) is 0 Å². The molecule has 0 spiro atoms. The summed E-state index contributed by atoms with van der Waals surface area (Å²) in [4.78, 5) is 23.4. The van der Waals surface area contributed by atoms with E-state index in [1.165, 1.54) is 21.7 Å². The molecule has 14 heavy (non-hydrogen) atoms. The Kier molecular flexibility index (Phi) is 2.16. The highest BCUT2D eigenvalue weighted by Crippen LogP contribution is 2.25. The number of aromatic nitrogens is 2. The van der Waals surface area contributed by atoms with Crippen molar-refractivity contribution in [3.63, 3.8) is 0 Å². The van der Waals surface area contributed by atoms with E-state index in [9.17, 15) is 9.59 Å². The standard InChI is InChI=1S/C7H7N3O3S/c11-5-1-4(6(12)13)2-10(5)7-9-8-3-14-7/h3-4H,1-2H2,(H,12,13)/t4-/m0/s1. The van der Waals surface area contributed by atoms with Crippen molar-refractivity contribution in [1.82, 2.24) is 10.2 Å². The number of carboxylic acids is 1. The van der Waals surface area contributed by atoms with E-state index >= 15 is 0 Å². The molecule has 7 heteroatoms. The summed E-state index contributed by atoms with van der Waals surface area (Å²) in [5.74, 6) is -1.76. The number of rotatable bonds is 2. The van der Waals surface area contributed by atoms with E-state index in [1.807, 2.05) is 0 Å². The fraction of sp³-hybridized carbons (Fsp3) is 0.429. The van der Waals surface area contributed by atoms with Gasteiger partial charge in [0.15, 0.2) is 0 Å². The lowest BCUT2D eigenvalue weighted by Gasteiger charge is -2.09. The highest BCUT2D eigenvalue weighted by Gasteiger charge is 2.36. The molecular formula is C7H7N3O3S. The molecular weight excluding hydrogens is 206 g/mol. The van der Waals surface area contributed by atoms with Gasteiger partial charge in [0.05, 0.1) is 5.92 Å². The van der Waals surface area contributed by atoms with Gasteiger partial charge >= 0.3 is 5.97 Å². The SMILES string of the molecule is O=C(O)[C@H]1CC(=O)N(c2nncs2)C1. The number of hydrogen-bond acceptors (Lipinski definition) is 5. The van der Waals surface area contributed by atoms with E-state index < -0.39 is 11.9 Å². The second-order valence-electron chi connectivity index (χ2n) is 2.96. The van der Waals surface area contributed by atoms with Gasteiger partial charge in [-0.1, -0.05) is 11.3 Å². The maximum Gasteiger partial charge on any atom is 0.308 e. The van der Waals surface area contributed by atoms with E-state index in [0.717, 1.165) is 0 Å². The van der Waals surface area contributed by atoms with Gasteiger partial charge in [-0.05, 0) is 0 Å². The number of carbonyl (C=O) groups is 2. The Morgan fingerprint density at radius 3 is 3.00 bits per heavy atom. The molecule has 0 saturated carbocycles. The van der Waals surface area contributed by atoms with Gasteiger partial charge in [0.25, 0.3) is 0 Å². The first kappa shape index (κ1) is 9.07. The molecule has 0 radical (unpaired) electrons. The summed E-state index contributed by atoms with van der Waals surface area (Å²) in [6.07, 6.45) is 0.0505. The van der Waals surface area contributed by atoms with E-state index in [-0.39, 0.29) is 18.9 Å². The smallest absolute Gasteiger partial charge is 0.308 e. The number of aliphatic carboxylic acids is 1. The molecule has 1 saturated heterocycles. The quantitative estimate of drug-likeness (QED) is 0.746. The summed E-state index contributed by atoms with van der Waals surface area (Å²) >= 11 is 1.23. The zero-order chi connectivity index (χ0) is 10.1. The van der Waals surface area contributed by atoms with E-state index in [1.54, 1.807) is 0 Å². The molecule has 1 amide bonds. The van der Waals surface area contributed by atoms with Crippen molar-refractivity contribution in [3.05, 3.63) is 5.51 Å². The van der Waals surface area contributed by atoms with Crippen molar-refractivity contribution in [1.29, 1.82) is 0 Å². The number of amides is 1. The van der Waals surface area contributed by atoms with Crippen LogP contribution in [0.15, 0.2) is 5.51 Å². The van der Waals surface area contributed by atoms with Crippen LogP contribution in [0.3, 0.4) is 0 Å². The Balaban J connectivity index is 2.16. The minimum atomic E-state index is -0.939. The minimum absolute atomic E-state index is 0.0505. The monoisotopic (exact) mass is 213 g/mol. The zero-order valence-electron chi connectivity index (χ0n) is 7.08. The Labute approximate surface area is 83.2 Å². The molecule has 2 rings (SSSR count). The van der Waals surface area contributed by atoms with Gasteiger partial charge in [0, 0.05) is 13.0 Å². The molecule has 1 N–H and O–H groups in total. The molecule has 2 heterocycles. The number of nitrogens with zero attached hydrogens (tertiary/aromatic N) is 3. The van der Waals surface area contributed by atoms with E-state index in [4.69, 9.17) is 5.11 Å². The summed E-state index contributed by atoms with van der Waals surface area (Å²) in [6, 6.07) is 0. The van der Waals surface area contributed by atoms with Crippen LogP contribution in [0.2, 0.25) is 0 Å². The molecule has 6 nitrogen and oxygen atoms in total. The van der Waals surface area contributed by atoms with Crippen LogP contribution in [0, 0.1) is 5.92 Å². The Morgan fingerprint density at radius 2 is 2.50 bits per heavy atom. The maximum atomic E-state index is 11.4. The molecule has 1 atom stereocenters. The van der Waals surface area contributed by atoms with Gasteiger partial charge in [-0.3, -0.25) is 14.5 Å². The van der Waals surface area contributed by atoms with Crippen LogP contribution >= 0.6 is 11.3 Å². The van der Waals surface area contributed by atoms with Gasteiger partial charge < -0.3 is 5.11 Å². The summed E-state index contributed by atoms with van der Waals surface area (Å²) in [7, 11) is 0. The van der Waals surface area contributed by atoms with Crippen LogP contribution in [-0.2, 0) is 9.59 Å². The fourth-order valence-corrected chi connectivity index (χ4v) is 1.93. The average molecular weight is 213 g/mol. The number of carboxylic acid groups (broad SMARTS) is 1. The predicted molar refractivity (Wildman–Crippen MR) is 48.0 cm³/mol. The molecule has 0 unspecified atom stereocenters. The van der Waals surface area contributed by atoms with Crippen molar-refractivity contribution >= 4 is 28.3 Å². The van der Waals surface area contributed by atoms with Crippen molar-refractivity contribution in [3.8, 4) is 0 Å². The van der Waals surface area contributed by atoms with Crippen molar-refractivity contribution in [2.45, 2.75) is 6.42 Å². The van der Waals surface area contributed by atoms with Crippen LogP contribution in [-0.4, -0.2) is 33.7 Å². The molecule has 0 aliphatic carbocycles. The summed E-state index contributed by atoms with van der Waals surface area (Å²) in [6.45, 7) is 0.198. The lowest BCUT2D eigenvalue weighted by atomic mass is 10.1. The number of carbonyl (C=O) groups excluding carboxylic acids is 1. The third-order valence-electron chi connectivity index (χ3n) is 2.05. The predicted octanol–water partition coefficient (Wildman–Crippen LogP) is -0.0244. The zero-order valence-corrected chi connectivity index (χ0v) is 7.90. The lowest BCUT2D eigenvalue weighted by molar-refractivity contribution is -0.141. The first-order chi connectivity index (χ1) is 6.68. The Hall–Kier alpha value is -1.50. The van der Waals surface area contributed by atoms with Crippen molar-refractivity contribution < 1.29 is 14.7 Å². The minimum Gasteiger partial charge on any atom is -0.481 e. The van der Waals surface area contributed by atoms with Gasteiger partial charge in [-0.25, -0.2) is 0 Å². The lowest BCUT2D eigenvalue weighted by Crippen LogP contribution is -2.25. The van der Waals surface area contributed by atoms with Gasteiger partial charge in [-0.15, -0.1) is 10.2 Å². The van der Waals surface area contributed by atoms with Crippen LogP contribution in [0.4, 0.5) is 5.13 Å². The molecule has 1 fully saturated rings. The topological polar surface area (TPSA) is 83.4 Å². The molecule has 1 aromatic rings. The van der Waals surface area contributed by atoms with E-state index in [0.29, 0.717) is 5.13 Å². The average Bonchev–Trinajstić information content (AvgIpc) is 2.71. The highest BCUT2D eigenvalue weighted by atomic mass is 32.1. The van der Waals surface area contributed by atoms with Crippen molar-refractivity contribution in [2.24, 2.45) is 5.92 Å². The number of anilines is 1. The third kappa shape index (κ3) is 1.46. The second-order valence-corrected chi connectivity index (χ2v) is 3.78. The molecule has 0 aromatic carbocycles. The van der Waals surface area contributed by atoms with Crippen LogP contribution in [0.1, 0.15) is 6.42 Å². The molecule has 1 aliphatic heterocycles. The first-order valence-electron chi connectivity index (χ1n) is 3.98. The fourth-order valence-electron chi connectivity index (χ4n) is 1.34. The Morgan fingerprint density at radius 1 is 1.71 bits per heavy atom. The highest BCUT2D eigenvalue weighted by molar-refractivity contribution is 7.13. The van der Waals surface area contributed by atoms with Crippen LogP contribution in [0.5, 0.6) is 0 Å². The molecule has 0 bridgehead atoms. The molecule has 1 aliphatic rings. The first-order valence-corrected chi connectivity index (χ1v) is 4.86. The normalized spacial score (nSPS) is 21.6. The third-order valence-corrected chi connectivity index (χ3v) is 2.77. The molecule has 1 aromatic heterocycles. The summed E-state index contributed by atoms with van der Waals surface area (Å²) in [5, 5.41) is 16.5. The van der Waals surface area contributed by atoms with Gasteiger partial charge in [0.1, 0.15) is 5.51 Å². The maximum absolute atomic E-state index is 11.4. The van der Waals surface area contributed by atoms with Crippen molar-refractivity contribution in [2.75, 3.05) is 11.4 Å². The number of hydrogen-bond donors (Lipinski definition) is 1. The molecule has 74 valence electrons. The van der Waals surface area contributed by atoms with Crippen LogP contribution in [0.25, 0.3) is 0 Å². The Bertz CT molecular complexity index is 364. The summed E-state index contributed by atoms with van der Waals surface area (Å²) < 4.78 is 0. The second kappa shape index (κ2) is 3.33. The van der Waals surface area contributed by atoms with Gasteiger partial charge in [0.2, 0.25) is 11.0 Å². The largest absolute Gasteiger partial charge is 0.481 e.